The van der Waals surface area contributed by atoms with E-state index in [1.54, 1.807) is 0 Å². The highest BCUT2D eigenvalue weighted by Gasteiger charge is 2.07. The van der Waals surface area contributed by atoms with Gasteiger partial charge in [0.2, 0.25) is 0 Å². The molecule has 0 saturated carbocycles. The number of alkyl halides is 4. The Balaban J connectivity index is 1.77. The maximum absolute atomic E-state index is 12.2. The fraction of sp³-hybridized carbons (Fsp3) is 0.353. The molecule has 0 fully saturated rings. The van der Waals surface area contributed by atoms with E-state index in [1.807, 2.05) is 0 Å². The molecule has 0 saturated heterocycles. The van der Waals surface area contributed by atoms with Crippen LogP contribution in [0.3, 0.4) is 0 Å². The van der Waals surface area contributed by atoms with Gasteiger partial charge in [0.15, 0.2) is 0 Å². The summed E-state index contributed by atoms with van der Waals surface area (Å²) in [5.74, 6) is 0.439. The minimum atomic E-state index is -2.59. The van der Waals surface area contributed by atoms with E-state index in [9.17, 15) is 22.4 Å². The molecule has 0 aliphatic carbocycles. The molecule has 0 spiro atoms. The van der Waals surface area contributed by atoms with Crippen LogP contribution in [0.5, 0.6) is 11.5 Å². The van der Waals surface area contributed by atoms with Crippen molar-refractivity contribution in [1.29, 1.82) is 0 Å². The van der Waals surface area contributed by atoms with Crippen molar-refractivity contribution in [1.82, 2.24) is 20.6 Å². The van der Waals surface area contributed by atoms with E-state index in [0.717, 1.165) is 0 Å². The first-order valence-electron chi connectivity index (χ1n) is 8.16. The predicted octanol–water partition coefficient (Wildman–Crippen LogP) is 2.76. The van der Waals surface area contributed by atoms with Crippen LogP contribution in [0.4, 0.5) is 22.4 Å². The summed E-state index contributed by atoms with van der Waals surface area (Å²) in [6.07, 6.45) is -2.42. The largest absolute Gasteiger partial charge is 0.488 e. The van der Waals surface area contributed by atoms with Crippen molar-refractivity contribution in [2.75, 3.05) is 13.2 Å². The van der Waals surface area contributed by atoms with Gasteiger partial charge >= 0.3 is 6.03 Å². The number of ether oxygens (including phenoxy) is 2. The van der Waals surface area contributed by atoms with Gasteiger partial charge in [-0.1, -0.05) is 0 Å². The number of amides is 2. The second kappa shape index (κ2) is 10.9. The van der Waals surface area contributed by atoms with Crippen molar-refractivity contribution in [3.8, 4) is 11.5 Å². The summed E-state index contributed by atoms with van der Waals surface area (Å²) in [7, 11) is 0. The van der Waals surface area contributed by atoms with Gasteiger partial charge in [-0.25, -0.2) is 22.4 Å². The smallest absolute Gasteiger partial charge is 0.315 e. The Bertz CT molecular complexity index is 703. The molecule has 2 heterocycles. The molecule has 152 valence electrons. The van der Waals surface area contributed by atoms with E-state index in [-0.39, 0.29) is 24.6 Å². The lowest BCUT2D eigenvalue weighted by Crippen LogP contribution is -2.35. The number of nitrogens with zero attached hydrogens (tertiary/aromatic N) is 2. The number of nitrogens with one attached hydrogen (secondary N) is 2. The SMILES string of the molecule is O=C(NCc1cc(OCC(F)F)ccn1)NCc1cc(OCC(F)F)ccn1. The molecule has 0 atom stereocenters. The topological polar surface area (TPSA) is 85.4 Å². The minimum absolute atomic E-state index is 0.0443. The molecule has 2 N–H and O–H groups in total. The van der Waals surface area contributed by atoms with Gasteiger partial charge in [-0.2, -0.15) is 0 Å². The average Bonchev–Trinajstić information content (AvgIpc) is 2.68. The monoisotopic (exact) mass is 402 g/mol. The van der Waals surface area contributed by atoms with Crippen LogP contribution in [0, 0.1) is 0 Å². The molecule has 0 radical (unpaired) electrons. The molecule has 0 bridgehead atoms. The summed E-state index contributed by atoms with van der Waals surface area (Å²) in [5, 5.41) is 5.08. The Morgan fingerprint density at radius 2 is 1.29 bits per heavy atom. The quantitative estimate of drug-likeness (QED) is 0.597. The standard InChI is InChI=1S/C17H18F4N4O3/c18-15(19)9-27-13-1-3-22-11(5-13)7-24-17(26)25-8-12-6-14(2-4-23-12)28-10-16(20)21/h1-6,15-16H,7-10H2,(H2,24,25,26). The third-order valence-electron chi connectivity index (χ3n) is 3.19. The summed E-state index contributed by atoms with van der Waals surface area (Å²) in [6.45, 7) is -1.37. The summed E-state index contributed by atoms with van der Waals surface area (Å²) in [6, 6.07) is 5.21. The normalized spacial score (nSPS) is 10.8. The second-order valence-corrected chi connectivity index (χ2v) is 5.41. The summed E-state index contributed by atoms with van der Waals surface area (Å²) in [5.41, 5.74) is 0.838. The molecule has 0 aromatic carbocycles. The summed E-state index contributed by atoms with van der Waals surface area (Å²) >= 11 is 0. The van der Waals surface area contributed by atoms with Crippen LogP contribution in [0.1, 0.15) is 11.4 Å². The number of hydrogen-bond acceptors (Lipinski definition) is 5. The van der Waals surface area contributed by atoms with E-state index in [0.29, 0.717) is 11.4 Å². The molecule has 7 nitrogen and oxygen atoms in total. The van der Waals surface area contributed by atoms with Gasteiger partial charge in [-0.3, -0.25) is 9.97 Å². The Morgan fingerprint density at radius 1 is 0.857 bits per heavy atom. The Kier molecular flexibility index (Phi) is 8.25. The zero-order chi connectivity index (χ0) is 20.4. The highest BCUT2D eigenvalue weighted by atomic mass is 19.3. The molecule has 2 aromatic heterocycles. The van der Waals surface area contributed by atoms with Crippen LogP contribution in [-0.4, -0.2) is 42.1 Å². The lowest BCUT2D eigenvalue weighted by Gasteiger charge is -2.10. The van der Waals surface area contributed by atoms with Crippen LogP contribution in [0.15, 0.2) is 36.7 Å². The van der Waals surface area contributed by atoms with E-state index < -0.39 is 32.1 Å². The van der Waals surface area contributed by atoms with Gasteiger partial charge in [0.25, 0.3) is 12.9 Å². The number of pyridine rings is 2. The third kappa shape index (κ3) is 8.06. The van der Waals surface area contributed by atoms with Gasteiger partial charge in [0.1, 0.15) is 24.7 Å². The first-order chi connectivity index (χ1) is 13.4. The number of rotatable bonds is 10. The number of hydrogen-bond donors (Lipinski definition) is 2. The van der Waals surface area contributed by atoms with Crippen LogP contribution in [0.25, 0.3) is 0 Å². The maximum Gasteiger partial charge on any atom is 0.315 e. The molecule has 0 unspecified atom stereocenters. The first-order valence-corrected chi connectivity index (χ1v) is 8.16. The lowest BCUT2D eigenvalue weighted by molar-refractivity contribution is 0.0816. The van der Waals surface area contributed by atoms with Crippen LogP contribution in [-0.2, 0) is 13.1 Å². The van der Waals surface area contributed by atoms with E-state index >= 15 is 0 Å². The minimum Gasteiger partial charge on any atom is -0.488 e. The lowest BCUT2D eigenvalue weighted by atomic mass is 10.3. The number of aromatic nitrogens is 2. The molecule has 0 aliphatic rings. The fourth-order valence-corrected chi connectivity index (χ4v) is 2.01. The van der Waals surface area contributed by atoms with Crippen molar-refractivity contribution in [3.63, 3.8) is 0 Å². The Morgan fingerprint density at radius 3 is 1.68 bits per heavy atom. The molecule has 11 heteroatoms. The number of halogens is 4. The first kappa shape index (κ1) is 21.2. The molecule has 2 rings (SSSR count). The molecule has 2 aromatic rings. The summed E-state index contributed by atoms with van der Waals surface area (Å²) < 4.78 is 58.4. The molecule has 28 heavy (non-hydrogen) atoms. The zero-order valence-corrected chi connectivity index (χ0v) is 14.6. The van der Waals surface area contributed by atoms with Crippen molar-refractivity contribution < 1.29 is 31.8 Å². The van der Waals surface area contributed by atoms with Crippen molar-refractivity contribution >= 4 is 6.03 Å². The van der Waals surface area contributed by atoms with Crippen LogP contribution in [0.2, 0.25) is 0 Å². The van der Waals surface area contributed by atoms with Gasteiger partial charge in [-0.15, -0.1) is 0 Å². The maximum atomic E-state index is 12.2. The van der Waals surface area contributed by atoms with Gasteiger partial charge in [0.05, 0.1) is 24.5 Å². The molecular formula is C17H18F4N4O3. The van der Waals surface area contributed by atoms with Crippen LogP contribution >= 0.6 is 0 Å². The average molecular weight is 402 g/mol. The van der Waals surface area contributed by atoms with Gasteiger partial charge < -0.3 is 20.1 Å². The molecule has 2 amide bonds. The van der Waals surface area contributed by atoms with Gasteiger partial charge in [0, 0.05) is 24.5 Å². The van der Waals surface area contributed by atoms with Crippen molar-refractivity contribution in [2.45, 2.75) is 25.9 Å². The highest BCUT2D eigenvalue weighted by Crippen LogP contribution is 2.13. The third-order valence-corrected chi connectivity index (χ3v) is 3.19. The molecular weight excluding hydrogens is 384 g/mol. The number of carbonyl (C=O) groups is 1. The van der Waals surface area contributed by atoms with E-state index in [2.05, 4.69) is 20.6 Å². The fourth-order valence-electron chi connectivity index (χ4n) is 2.01. The Labute approximate surface area is 158 Å². The van der Waals surface area contributed by atoms with Crippen molar-refractivity contribution in [2.24, 2.45) is 0 Å². The number of urea groups is 1. The predicted molar refractivity (Wildman–Crippen MR) is 90.5 cm³/mol. The second-order valence-electron chi connectivity index (χ2n) is 5.41. The Hall–Kier alpha value is -3.11. The van der Waals surface area contributed by atoms with E-state index in [4.69, 9.17) is 9.47 Å². The molecule has 0 aliphatic heterocycles. The highest BCUT2D eigenvalue weighted by molar-refractivity contribution is 5.73. The summed E-state index contributed by atoms with van der Waals surface area (Å²) in [4.78, 5) is 19.9. The van der Waals surface area contributed by atoms with E-state index in [1.165, 1.54) is 36.7 Å². The van der Waals surface area contributed by atoms with Crippen molar-refractivity contribution in [3.05, 3.63) is 48.0 Å². The van der Waals surface area contributed by atoms with Crippen LogP contribution < -0.4 is 20.1 Å². The number of carbonyl (C=O) groups excluding carboxylic acids is 1. The van der Waals surface area contributed by atoms with Gasteiger partial charge in [-0.05, 0) is 12.1 Å². The zero-order valence-electron chi connectivity index (χ0n) is 14.6.